The first-order valence-corrected chi connectivity index (χ1v) is 7.65. The molecule has 0 atom stereocenters. The second-order valence-corrected chi connectivity index (χ2v) is 5.88. The summed E-state index contributed by atoms with van der Waals surface area (Å²) in [6.07, 6.45) is 0. The van der Waals surface area contributed by atoms with E-state index in [4.69, 9.17) is 9.68 Å². The standard InChI is InChI=1S/C16H10N4O3S/c1-10-2-4-11(5-3-10)15-18-19-16(23-15)24-14-7-6-13(20(21)22)8-12(14)9-17/h2-8H,1H3. The molecule has 0 spiro atoms. The molecule has 0 saturated heterocycles. The summed E-state index contributed by atoms with van der Waals surface area (Å²) in [5.41, 5.74) is 1.97. The SMILES string of the molecule is Cc1ccc(-c2nnc(Sc3ccc([N+](=O)[O-])cc3C#N)o2)cc1. The Hall–Kier alpha value is -3.18. The van der Waals surface area contributed by atoms with Gasteiger partial charge in [0.2, 0.25) is 5.89 Å². The van der Waals surface area contributed by atoms with Gasteiger partial charge >= 0.3 is 0 Å². The third-order valence-corrected chi connectivity index (χ3v) is 4.11. The number of nitro benzene ring substituents is 1. The maximum absolute atomic E-state index is 10.8. The largest absolute Gasteiger partial charge is 0.411 e. The van der Waals surface area contributed by atoms with Crippen LogP contribution in [0.1, 0.15) is 11.1 Å². The van der Waals surface area contributed by atoms with E-state index in [-0.39, 0.29) is 16.5 Å². The van der Waals surface area contributed by atoms with Gasteiger partial charge in [-0.3, -0.25) is 10.1 Å². The first kappa shape index (κ1) is 15.7. The van der Waals surface area contributed by atoms with E-state index in [9.17, 15) is 10.1 Å². The predicted molar refractivity (Wildman–Crippen MR) is 86.4 cm³/mol. The van der Waals surface area contributed by atoms with Crippen molar-refractivity contribution in [1.82, 2.24) is 10.2 Å². The van der Waals surface area contributed by atoms with Gasteiger partial charge in [-0.05, 0) is 36.9 Å². The van der Waals surface area contributed by atoms with E-state index in [1.54, 1.807) is 0 Å². The van der Waals surface area contributed by atoms with E-state index in [2.05, 4.69) is 10.2 Å². The van der Waals surface area contributed by atoms with Gasteiger partial charge < -0.3 is 4.42 Å². The van der Waals surface area contributed by atoms with Crippen LogP contribution in [0.4, 0.5) is 5.69 Å². The Morgan fingerprint density at radius 1 is 1.21 bits per heavy atom. The molecule has 0 aliphatic carbocycles. The minimum Gasteiger partial charge on any atom is -0.411 e. The van der Waals surface area contributed by atoms with E-state index in [0.717, 1.165) is 22.9 Å². The molecule has 0 aliphatic heterocycles. The van der Waals surface area contributed by atoms with Crippen molar-refractivity contribution in [3.05, 3.63) is 63.7 Å². The van der Waals surface area contributed by atoms with E-state index < -0.39 is 4.92 Å². The van der Waals surface area contributed by atoms with Crippen molar-refractivity contribution in [2.24, 2.45) is 0 Å². The lowest BCUT2D eigenvalue weighted by molar-refractivity contribution is -0.384. The minimum absolute atomic E-state index is 0.137. The highest BCUT2D eigenvalue weighted by Crippen LogP contribution is 2.32. The second-order valence-electron chi connectivity index (χ2n) is 4.89. The number of aryl methyl sites for hydroxylation is 1. The molecule has 2 aromatic carbocycles. The maximum atomic E-state index is 10.8. The van der Waals surface area contributed by atoms with E-state index in [1.165, 1.54) is 18.2 Å². The van der Waals surface area contributed by atoms with Crippen molar-refractivity contribution in [2.75, 3.05) is 0 Å². The first-order valence-electron chi connectivity index (χ1n) is 6.84. The lowest BCUT2D eigenvalue weighted by Gasteiger charge is -2.00. The van der Waals surface area contributed by atoms with Crippen LogP contribution in [0.5, 0.6) is 0 Å². The Morgan fingerprint density at radius 3 is 2.62 bits per heavy atom. The smallest absolute Gasteiger partial charge is 0.281 e. The number of nitro groups is 1. The number of aromatic nitrogens is 2. The van der Waals surface area contributed by atoms with Gasteiger partial charge in [-0.25, -0.2) is 0 Å². The Bertz CT molecular complexity index is 945. The lowest BCUT2D eigenvalue weighted by atomic mass is 10.1. The van der Waals surface area contributed by atoms with Gasteiger partial charge in [-0.2, -0.15) is 5.26 Å². The van der Waals surface area contributed by atoms with Crippen LogP contribution < -0.4 is 0 Å². The molecule has 0 amide bonds. The highest BCUT2D eigenvalue weighted by atomic mass is 32.2. The fourth-order valence-electron chi connectivity index (χ4n) is 1.97. The summed E-state index contributed by atoms with van der Waals surface area (Å²) in [5, 5.41) is 28.1. The van der Waals surface area contributed by atoms with Crippen molar-refractivity contribution in [3.63, 3.8) is 0 Å². The van der Waals surface area contributed by atoms with Crippen molar-refractivity contribution in [3.8, 4) is 17.5 Å². The molecule has 1 aromatic heterocycles. The Balaban J connectivity index is 1.86. The summed E-state index contributed by atoms with van der Waals surface area (Å²) in [6.45, 7) is 1.98. The molecule has 0 aliphatic rings. The summed E-state index contributed by atoms with van der Waals surface area (Å²) < 4.78 is 5.59. The van der Waals surface area contributed by atoms with Crippen LogP contribution in [-0.2, 0) is 0 Å². The molecule has 118 valence electrons. The van der Waals surface area contributed by atoms with Crippen molar-refractivity contribution in [2.45, 2.75) is 17.0 Å². The Labute approximate surface area is 141 Å². The maximum Gasteiger partial charge on any atom is 0.281 e. The van der Waals surface area contributed by atoms with Crippen LogP contribution in [-0.4, -0.2) is 15.1 Å². The highest BCUT2D eigenvalue weighted by Gasteiger charge is 2.15. The van der Waals surface area contributed by atoms with Gasteiger partial charge in [0.15, 0.2) is 0 Å². The van der Waals surface area contributed by atoms with Crippen LogP contribution in [0.3, 0.4) is 0 Å². The van der Waals surface area contributed by atoms with Crippen LogP contribution in [0.15, 0.2) is 57.0 Å². The summed E-state index contributed by atoms with van der Waals surface area (Å²) in [5.74, 6) is 0.373. The fourth-order valence-corrected chi connectivity index (χ4v) is 2.71. The molecule has 7 nitrogen and oxygen atoms in total. The monoisotopic (exact) mass is 338 g/mol. The molecule has 1 heterocycles. The van der Waals surface area contributed by atoms with Crippen LogP contribution in [0, 0.1) is 28.4 Å². The molecule has 0 fully saturated rings. The molecule has 3 aromatic rings. The third-order valence-electron chi connectivity index (χ3n) is 3.20. The van der Waals surface area contributed by atoms with E-state index >= 15 is 0 Å². The van der Waals surface area contributed by atoms with Gasteiger partial charge in [0.1, 0.15) is 6.07 Å². The normalized spacial score (nSPS) is 10.3. The van der Waals surface area contributed by atoms with Gasteiger partial charge in [-0.15, -0.1) is 10.2 Å². The van der Waals surface area contributed by atoms with Gasteiger partial charge in [0.05, 0.1) is 10.5 Å². The number of nitriles is 1. The van der Waals surface area contributed by atoms with Crippen molar-refractivity contribution >= 4 is 17.4 Å². The molecule has 3 rings (SSSR count). The van der Waals surface area contributed by atoms with Crippen molar-refractivity contribution in [1.29, 1.82) is 5.26 Å². The minimum atomic E-state index is -0.544. The number of non-ortho nitro benzene ring substituents is 1. The average Bonchev–Trinajstić information content (AvgIpc) is 3.04. The third kappa shape index (κ3) is 3.26. The summed E-state index contributed by atoms with van der Waals surface area (Å²) in [6, 6.07) is 13.6. The molecule has 0 saturated carbocycles. The number of hydrogen-bond acceptors (Lipinski definition) is 7. The molecular weight excluding hydrogens is 328 g/mol. The second kappa shape index (κ2) is 6.52. The van der Waals surface area contributed by atoms with Crippen LogP contribution >= 0.6 is 11.8 Å². The lowest BCUT2D eigenvalue weighted by Crippen LogP contribution is -1.90. The van der Waals surface area contributed by atoms with Crippen LogP contribution in [0.2, 0.25) is 0 Å². The van der Waals surface area contributed by atoms with E-state index in [1.807, 2.05) is 37.3 Å². The topological polar surface area (TPSA) is 106 Å². The summed E-state index contributed by atoms with van der Waals surface area (Å²) in [4.78, 5) is 10.7. The van der Waals surface area contributed by atoms with E-state index in [0.29, 0.717) is 10.8 Å². The molecule has 0 bridgehead atoms. The quantitative estimate of drug-likeness (QED) is 0.523. The molecule has 0 N–H and O–H groups in total. The molecular formula is C16H10N4O3S. The fraction of sp³-hybridized carbons (Fsp3) is 0.0625. The first-order chi connectivity index (χ1) is 11.6. The zero-order chi connectivity index (χ0) is 17.1. The predicted octanol–water partition coefficient (Wildman–Crippen LogP) is 3.98. The number of nitrogens with zero attached hydrogens (tertiary/aromatic N) is 4. The number of benzene rings is 2. The Kier molecular flexibility index (Phi) is 4.26. The van der Waals surface area contributed by atoms with Crippen molar-refractivity contribution < 1.29 is 9.34 Å². The zero-order valence-corrected chi connectivity index (χ0v) is 13.3. The van der Waals surface area contributed by atoms with Crippen LogP contribution in [0.25, 0.3) is 11.5 Å². The number of rotatable bonds is 4. The van der Waals surface area contributed by atoms with Gasteiger partial charge in [0, 0.05) is 22.6 Å². The molecule has 8 heteroatoms. The summed E-state index contributed by atoms with van der Waals surface area (Å²) >= 11 is 1.09. The van der Waals surface area contributed by atoms with Gasteiger partial charge in [-0.1, -0.05) is 17.7 Å². The highest BCUT2D eigenvalue weighted by molar-refractivity contribution is 7.99. The summed E-state index contributed by atoms with van der Waals surface area (Å²) in [7, 11) is 0. The zero-order valence-electron chi connectivity index (χ0n) is 12.5. The molecule has 0 radical (unpaired) electrons. The molecule has 24 heavy (non-hydrogen) atoms. The molecule has 0 unspecified atom stereocenters. The average molecular weight is 338 g/mol. The number of hydrogen-bond donors (Lipinski definition) is 0. The van der Waals surface area contributed by atoms with Gasteiger partial charge in [0.25, 0.3) is 10.9 Å². The Morgan fingerprint density at radius 2 is 1.96 bits per heavy atom.